The molecule has 0 aliphatic heterocycles. The Bertz CT molecular complexity index is 693. The fourth-order valence-corrected chi connectivity index (χ4v) is 1.99. The second kappa shape index (κ2) is 8.48. The van der Waals surface area contributed by atoms with E-state index in [9.17, 15) is 4.79 Å². The van der Waals surface area contributed by atoms with E-state index >= 15 is 0 Å². The van der Waals surface area contributed by atoms with Gasteiger partial charge in [-0.1, -0.05) is 30.3 Å². The number of nitrogens with zero attached hydrogens (tertiary/aromatic N) is 2. The van der Waals surface area contributed by atoms with Crippen molar-refractivity contribution < 1.29 is 4.79 Å². The van der Waals surface area contributed by atoms with Crippen LogP contribution in [-0.4, -0.2) is 23.9 Å². The molecule has 0 aliphatic rings. The van der Waals surface area contributed by atoms with Crippen molar-refractivity contribution in [2.45, 2.75) is 13.5 Å². The van der Waals surface area contributed by atoms with Gasteiger partial charge in [-0.15, -0.1) is 0 Å². The number of carbonyl (C=O) groups excluding carboxylic acids is 1. The first-order valence-corrected chi connectivity index (χ1v) is 7.33. The average molecular weight is 308 g/mol. The molecule has 118 valence electrons. The van der Waals surface area contributed by atoms with Crippen LogP contribution in [0.4, 0.5) is 4.79 Å². The molecule has 0 spiro atoms. The minimum Gasteiger partial charge on any atom is -0.334 e. The van der Waals surface area contributed by atoms with Crippen LogP contribution in [0.1, 0.15) is 18.1 Å². The summed E-state index contributed by atoms with van der Waals surface area (Å²) >= 11 is 0. The highest BCUT2D eigenvalue weighted by atomic mass is 16.2. The Balaban J connectivity index is 1.93. The van der Waals surface area contributed by atoms with Gasteiger partial charge in [-0.05, 0) is 41.8 Å². The molecule has 0 atom stereocenters. The van der Waals surface area contributed by atoms with Crippen LogP contribution in [0.3, 0.4) is 0 Å². The minimum atomic E-state index is -0.292. The summed E-state index contributed by atoms with van der Waals surface area (Å²) in [5, 5.41) is 5.53. The number of hydrogen-bond donors (Lipinski definition) is 2. The highest BCUT2D eigenvalue weighted by Gasteiger charge is 2.04. The van der Waals surface area contributed by atoms with Gasteiger partial charge in [-0.3, -0.25) is 15.3 Å². The third-order valence-corrected chi connectivity index (χ3v) is 3.27. The van der Waals surface area contributed by atoms with Crippen LogP contribution in [0, 0.1) is 0 Å². The highest BCUT2D eigenvalue weighted by molar-refractivity contribution is 6.07. The molecule has 1 aromatic carbocycles. The van der Waals surface area contributed by atoms with Crippen LogP contribution in [0.15, 0.2) is 65.9 Å². The molecule has 0 bridgehead atoms. The number of allylic oxidation sites excluding steroid dienone is 1. The Morgan fingerprint density at radius 2 is 1.87 bits per heavy atom. The van der Waals surface area contributed by atoms with Gasteiger partial charge < -0.3 is 5.32 Å². The molecule has 0 unspecified atom stereocenters. The largest absolute Gasteiger partial charge is 0.334 e. The Morgan fingerprint density at radius 1 is 1.17 bits per heavy atom. The quantitative estimate of drug-likeness (QED) is 0.673. The zero-order chi connectivity index (χ0) is 16.5. The van der Waals surface area contributed by atoms with Gasteiger partial charge in [0.2, 0.25) is 0 Å². The van der Waals surface area contributed by atoms with Gasteiger partial charge in [0.25, 0.3) is 0 Å². The summed E-state index contributed by atoms with van der Waals surface area (Å²) in [6.07, 6.45) is 5.24. The second-order valence-electron chi connectivity index (χ2n) is 4.97. The van der Waals surface area contributed by atoms with Gasteiger partial charge >= 0.3 is 6.03 Å². The topological polar surface area (TPSA) is 66.4 Å². The van der Waals surface area contributed by atoms with Crippen molar-refractivity contribution in [3.05, 3.63) is 72.1 Å². The molecule has 2 rings (SSSR count). The van der Waals surface area contributed by atoms with E-state index < -0.39 is 0 Å². The first kappa shape index (κ1) is 16.4. The van der Waals surface area contributed by atoms with Crippen molar-refractivity contribution in [2.75, 3.05) is 7.05 Å². The number of amidine groups is 1. The van der Waals surface area contributed by atoms with Crippen molar-refractivity contribution in [3.8, 4) is 0 Å². The van der Waals surface area contributed by atoms with Crippen LogP contribution in [-0.2, 0) is 6.54 Å². The Hall–Kier alpha value is -2.95. The summed E-state index contributed by atoms with van der Waals surface area (Å²) in [6, 6.07) is 13.4. The summed E-state index contributed by atoms with van der Waals surface area (Å²) in [4.78, 5) is 20.0. The van der Waals surface area contributed by atoms with Gasteiger partial charge in [0, 0.05) is 26.0 Å². The smallest absolute Gasteiger partial charge is 0.320 e. The summed E-state index contributed by atoms with van der Waals surface area (Å²) in [5.74, 6) is 0.513. The SMILES string of the molecule is CN=C(/C=C(\C)c1ccccc1)NC(=O)NCc1ccncc1. The lowest BCUT2D eigenvalue weighted by Gasteiger charge is -2.08. The van der Waals surface area contributed by atoms with Crippen LogP contribution >= 0.6 is 0 Å². The van der Waals surface area contributed by atoms with E-state index in [4.69, 9.17) is 0 Å². The van der Waals surface area contributed by atoms with E-state index in [-0.39, 0.29) is 6.03 Å². The summed E-state index contributed by atoms with van der Waals surface area (Å²) in [6.45, 7) is 2.42. The number of rotatable bonds is 4. The molecule has 2 amide bonds. The predicted molar refractivity (Wildman–Crippen MR) is 93.1 cm³/mol. The monoisotopic (exact) mass is 308 g/mol. The van der Waals surface area contributed by atoms with Crippen molar-refractivity contribution in [2.24, 2.45) is 4.99 Å². The lowest BCUT2D eigenvalue weighted by molar-refractivity contribution is 0.245. The third kappa shape index (κ3) is 5.39. The van der Waals surface area contributed by atoms with Crippen LogP contribution in [0.25, 0.3) is 5.57 Å². The highest BCUT2D eigenvalue weighted by Crippen LogP contribution is 2.12. The molecule has 2 N–H and O–H groups in total. The van der Waals surface area contributed by atoms with Crippen molar-refractivity contribution in [3.63, 3.8) is 0 Å². The number of nitrogens with one attached hydrogen (secondary N) is 2. The van der Waals surface area contributed by atoms with Gasteiger partial charge in [-0.2, -0.15) is 0 Å². The molecule has 0 radical (unpaired) electrons. The van der Waals surface area contributed by atoms with Gasteiger partial charge in [0.1, 0.15) is 5.84 Å². The molecule has 1 heterocycles. The minimum absolute atomic E-state index is 0.292. The standard InChI is InChI=1S/C18H20N4O/c1-14(16-6-4-3-5-7-16)12-17(19-2)22-18(23)21-13-15-8-10-20-11-9-15/h3-12H,13H2,1-2H3,(H2,19,21,22,23)/b14-12+. The molecule has 0 saturated heterocycles. The number of amides is 2. The van der Waals surface area contributed by atoms with Crippen LogP contribution in [0.5, 0.6) is 0 Å². The van der Waals surface area contributed by atoms with Crippen molar-refractivity contribution >= 4 is 17.4 Å². The van der Waals surface area contributed by atoms with Gasteiger partial charge in [-0.25, -0.2) is 4.79 Å². The lowest BCUT2D eigenvalue weighted by atomic mass is 10.1. The Kier molecular flexibility index (Phi) is 6.06. The third-order valence-electron chi connectivity index (χ3n) is 3.27. The van der Waals surface area contributed by atoms with Gasteiger partial charge in [0.15, 0.2) is 0 Å². The Morgan fingerprint density at radius 3 is 2.52 bits per heavy atom. The Labute approximate surface area is 136 Å². The maximum Gasteiger partial charge on any atom is 0.320 e. The molecular formula is C18H20N4O. The first-order chi connectivity index (χ1) is 11.2. The maximum atomic E-state index is 12.0. The van der Waals surface area contributed by atoms with Crippen LogP contribution < -0.4 is 10.6 Å². The number of aliphatic imine (C=N–C) groups is 1. The zero-order valence-corrected chi connectivity index (χ0v) is 13.3. The van der Waals surface area contributed by atoms with E-state index in [1.165, 1.54) is 0 Å². The molecule has 5 heteroatoms. The van der Waals surface area contributed by atoms with E-state index in [1.807, 2.05) is 55.5 Å². The van der Waals surface area contributed by atoms with Gasteiger partial charge in [0.05, 0.1) is 0 Å². The van der Waals surface area contributed by atoms with E-state index in [1.54, 1.807) is 19.4 Å². The predicted octanol–water partition coefficient (Wildman–Crippen LogP) is 3.01. The molecular weight excluding hydrogens is 288 g/mol. The molecule has 23 heavy (non-hydrogen) atoms. The van der Waals surface area contributed by atoms with E-state index in [0.717, 1.165) is 16.7 Å². The molecule has 0 fully saturated rings. The molecule has 1 aromatic heterocycles. The van der Waals surface area contributed by atoms with E-state index in [0.29, 0.717) is 12.4 Å². The molecule has 0 saturated carbocycles. The zero-order valence-electron chi connectivity index (χ0n) is 13.3. The number of aromatic nitrogens is 1. The van der Waals surface area contributed by atoms with Crippen molar-refractivity contribution in [1.82, 2.24) is 15.6 Å². The fourth-order valence-electron chi connectivity index (χ4n) is 1.99. The van der Waals surface area contributed by atoms with E-state index in [2.05, 4.69) is 20.6 Å². The lowest BCUT2D eigenvalue weighted by Crippen LogP contribution is -2.38. The number of carbonyl (C=O) groups is 1. The average Bonchev–Trinajstić information content (AvgIpc) is 2.61. The second-order valence-corrected chi connectivity index (χ2v) is 4.97. The number of urea groups is 1. The van der Waals surface area contributed by atoms with Crippen LogP contribution in [0.2, 0.25) is 0 Å². The summed E-state index contributed by atoms with van der Waals surface area (Å²) in [5.41, 5.74) is 3.11. The number of benzene rings is 1. The normalized spacial score (nSPS) is 11.9. The summed E-state index contributed by atoms with van der Waals surface area (Å²) < 4.78 is 0. The van der Waals surface area contributed by atoms with Crippen molar-refractivity contribution in [1.29, 1.82) is 0 Å². The molecule has 2 aromatic rings. The number of pyridine rings is 1. The molecule has 5 nitrogen and oxygen atoms in total. The molecule has 0 aliphatic carbocycles. The number of hydrogen-bond acceptors (Lipinski definition) is 3. The fraction of sp³-hybridized carbons (Fsp3) is 0.167. The first-order valence-electron chi connectivity index (χ1n) is 7.33. The summed E-state index contributed by atoms with van der Waals surface area (Å²) in [7, 11) is 1.65. The maximum absolute atomic E-state index is 12.0.